The summed E-state index contributed by atoms with van der Waals surface area (Å²) >= 11 is 6.97. The minimum atomic E-state index is -0.676. The Bertz CT molecular complexity index is 889. The third-order valence-corrected chi connectivity index (χ3v) is 4.97. The minimum Gasteiger partial charge on any atom is -0.462 e. The molecule has 3 N–H and O–H groups in total. The van der Waals surface area contributed by atoms with E-state index in [4.69, 9.17) is 22.1 Å². The minimum absolute atomic E-state index is 0.130. The van der Waals surface area contributed by atoms with Crippen molar-refractivity contribution in [2.24, 2.45) is 5.73 Å². The van der Waals surface area contributed by atoms with Crippen LogP contribution in [0, 0.1) is 6.92 Å². The maximum absolute atomic E-state index is 12.2. The molecule has 1 aromatic carbocycles. The van der Waals surface area contributed by atoms with Crippen LogP contribution in [-0.4, -0.2) is 24.4 Å². The number of thiophene rings is 1. The maximum Gasteiger partial charge on any atom is 0.341 e. The van der Waals surface area contributed by atoms with Gasteiger partial charge in [-0.1, -0.05) is 29.8 Å². The zero-order chi connectivity index (χ0) is 19.3. The number of carbonyl (C=O) groups is 3. The van der Waals surface area contributed by atoms with E-state index in [-0.39, 0.29) is 22.0 Å². The van der Waals surface area contributed by atoms with Crippen LogP contribution in [-0.2, 0) is 9.53 Å². The molecule has 2 aromatic rings. The number of amides is 2. The zero-order valence-electron chi connectivity index (χ0n) is 14.2. The van der Waals surface area contributed by atoms with Gasteiger partial charge in [-0.05, 0) is 37.1 Å². The van der Waals surface area contributed by atoms with Gasteiger partial charge in [-0.25, -0.2) is 4.79 Å². The monoisotopic (exact) mass is 392 g/mol. The van der Waals surface area contributed by atoms with Crippen LogP contribution in [0.2, 0.25) is 5.02 Å². The smallest absolute Gasteiger partial charge is 0.341 e. The Balaban J connectivity index is 2.29. The molecule has 0 aliphatic heterocycles. The molecular formula is C18H17ClN2O4S. The molecule has 0 aliphatic rings. The fourth-order valence-electron chi connectivity index (χ4n) is 2.21. The molecule has 0 atom stereocenters. The average molecular weight is 393 g/mol. The van der Waals surface area contributed by atoms with Gasteiger partial charge in [0.05, 0.1) is 17.0 Å². The van der Waals surface area contributed by atoms with Gasteiger partial charge in [0.1, 0.15) is 5.00 Å². The van der Waals surface area contributed by atoms with Gasteiger partial charge in [0.2, 0.25) is 5.91 Å². The van der Waals surface area contributed by atoms with Gasteiger partial charge in [-0.15, -0.1) is 11.3 Å². The van der Waals surface area contributed by atoms with Crippen molar-refractivity contribution in [3.63, 3.8) is 0 Å². The number of rotatable bonds is 6. The Labute approximate surface area is 159 Å². The van der Waals surface area contributed by atoms with E-state index in [0.717, 1.165) is 11.3 Å². The predicted octanol–water partition coefficient (Wildman–Crippen LogP) is 3.64. The number of benzene rings is 1. The first kappa shape index (κ1) is 19.7. The molecule has 136 valence electrons. The predicted molar refractivity (Wildman–Crippen MR) is 103 cm³/mol. The largest absolute Gasteiger partial charge is 0.462 e. The molecular weight excluding hydrogens is 376 g/mol. The molecule has 0 fully saturated rings. The van der Waals surface area contributed by atoms with Crippen molar-refractivity contribution >= 4 is 51.8 Å². The Morgan fingerprint density at radius 3 is 2.62 bits per heavy atom. The van der Waals surface area contributed by atoms with E-state index in [9.17, 15) is 14.4 Å². The number of carbonyl (C=O) groups excluding carboxylic acids is 3. The Morgan fingerprint density at radius 2 is 2.00 bits per heavy atom. The lowest BCUT2D eigenvalue weighted by atomic mass is 10.1. The van der Waals surface area contributed by atoms with Gasteiger partial charge < -0.3 is 15.8 Å². The molecule has 0 unspecified atom stereocenters. The van der Waals surface area contributed by atoms with E-state index in [1.54, 1.807) is 44.2 Å². The number of esters is 1. The summed E-state index contributed by atoms with van der Waals surface area (Å²) in [5.41, 5.74) is 6.52. The third kappa shape index (κ3) is 4.50. The summed E-state index contributed by atoms with van der Waals surface area (Å²) in [5.74, 6) is -1.78. The molecule has 0 aliphatic carbocycles. The van der Waals surface area contributed by atoms with Crippen LogP contribution in [0.1, 0.15) is 38.1 Å². The van der Waals surface area contributed by atoms with E-state index in [1.807, 2.05) is 0 Å². The van der Waals surface area contributed by atoms with Gasteiger partial charge in [0, 0.05) is 11.1 Å². The van der Waals surface area contributed by atoms with E-state index in [2.05, 4.69) is 5.32 Å². The summed E-state index contributed by atoms with van der Waals surface area (Å²) in [6.07, 6.45) is 2.84. The molecule has 0 bridgehead atoms. The topological polar surface area (TPSA) is 98.5 Å². The second-order valence-electron chi connectivity index (χ2n) is 5.19. The number of nitrogens with two attached hydrogens (primary N) is 1. The number of nitrogens with one attached hydrogen (secondary N) is 1. The summed E-state index contributed by atoms with van der Waals surface area (Å²) in [4.78, 5) is 36.1. The van der Waals surface area contributed by atoms with Crippen LogP contribution in [0.3, 0.4) is 0 Å². The molecule has 1 aromatic heterocycles. The molecule has 2 rings (SSSR count). The van der Waals surface area contributed by atoms with Crippen molar-refractivity contribution in [3.8, 4) is 0 Å². The number of ether oxygens (including phenoxy) is 1. The normalized spacial score (nSPS) is 10.7. The fraction of sp³-hybridized carbons (Fsp3) is 0.167. The van der Waals surface area contributed by atoms with Crippen LogP contribution in [0.5, 0.6) is 0 Å². The first-order valence-corrected chi connectivity index (χ1v) is 8.88. The highest BCUT2D eigenvalue weighted by Gasteiger charge is 2.25. The molecule has 0 saturated carbocycles. The Hall–Kier alpha value is -2.64. The summed E-state index contributed by atoms with van der Waals surface area (Å²) in [6, 6.07) is 7.05. The van der Waals surface area contributed by atoms with Gasteiger partial charge in [0.15, 0.2) is 0 Å². The molecule has 26 heavy (non-hydrogen) atoms. The molecule has 1 heterocycles. The van der Waals surface area contributed by atoms with Crippen LogP contribution >= 0.6 is 22.9 Å². The van der Waals surface area contributed by atoms with Crippen LogP contribution < -0.4 is 11.1 Å². The highest BCUT2D eigenvalue weighted by molar-refractivity contribution is 7.18. The lowest BCUT2D eigenvalue weighted by molar-refractivity contribution is -0.111. The lowest BCUT2D eigenvalue weighted by Gasteiger charge is -2.05. The van der Waals surface area contributed by atoms with Crippen molar-refractivity contribution in [1.29, 1.82) is 0 Å². The molecule has 0 spiro atoms. The van der Waals surface area contributed by atoms with Crippen LogP contribution in [0.25, 0.3) is 6.08 Å². The second kappa shape index (κ2) is 8.64. The van der Waals surface area contributed by atoms with E-state index >= 15 is 0 Å². The fourth-order valence-corrected chi connectivity index (χ4v) is 3.46. The van der Waals surface area contributed by atoms with E-state index in [1.165, 1.54) is 6.08 Å². The third-order valence-electron chi connectivity index (χ3n) is 3.41. The van der Waals surface area contributed by atoms with Crippen molar-refractivity contribution < 1.29 is 19.1 Å². The number of anilines is 1. The van der Waals surface area contributed by atoms with Crippen molar-refractivity contribution in [1.82, 2.24) is 0 Å². The van der Waals surface area contributed by atoms with E-state index < -0.39 is 17.8 Å². The quantitative estimate of drug-likeness (QED) is 0.579. The summed E-state index contributed by atoms with van der Waals surface area (Å²) in [7, 11) is 0. The highest BCUT2D eigenvalue weighted by Crippen LogP contribution is 2.33. The molecule has 0 radical (unpaired) electrons. The van der Waals surface area contributed by atoms with Crippen molar-refractivity contribution in [2.45, 2.75) is 13.8 Å². The highest BCUT2D eigenvalue weighted by atomic mass is 35.5. The van der Waals surface area contributed by atoms with Gasteiger partial charge in [-0.3, -0.25) is 9.59 Å². The van der Waals surface area contributed by atoms with Gasteiger partial charge in [0.25, 0.3) is 5.91 Å². The van der Waals surface area contributed by atoms with Crippen molar-refractivity contribution in [3.05, 3.63) is 56.9 Å². The number of primary amides is 1. The maximum atomic E-state index is 12.2. The molecule has 2 amide bonds. The zero-order valence-corrected chi connectivity index (χ0v) is 15.7. The lowest BCUT2D eigenvalue weighted by Crippen LogP contribution is -2.13. The standard InChI is InChI=1S/C18H17ClN2O4S/c1-3-25-18(24)14-10(2)15(16(20)23)26-17(14)21-13(22)9-8-11-6-4-5-7-12(11)19/h4-9H,3H2,1-2H3,(H2,20,23)(H,21,22)/b9-8+. The number of halogens is 1. The van der Waals surface area contributed by atoms with Crippen LogP contribution in [0.15, 0.2) is 30.3 Å². The van der Waals surface area contributed by atoms with Gasteiger partial charge in [-0.2, -0.15) is 0 Å². The number of hydrogen-bond acceptors (Lipinski definition) is 5. The molecule has 0 saturated heterocycles. The average Bonchev–Trinajstić information content (AvgIpc) is 2.90. The number of hydrogen-bond donors (Lipinski definition) is 2. The summed E-state index contributed by atoms with van der Waals surface area (Å²) in [6.45, 7) is 3.41. The Morgan fingerprint density at radius 1 is 1.31 bits per heavy atom. The first-order valence-electron chi connectivity index (χ1n) is 7.69. The SMILES string of the molecule is CCOC(=O)c1c(NC(=O)/C=C/c2ccccc2Cl)sc(C(N)=O)c1C. The first-order chi connectivity index (χ1) is 12.3. The van der Waals surface area contributed by atoms with E-state index in [0.29, 0.717) is 16.1 Å². The van der Waals surface area contributed by atoms with Gasteiger partial charge >= 0.3 is 5.97 Å². The van der Waals surface area contributed by atoms with Crippen molar-refractivity contribution in [2.75, 3.05) is 11.9 Å². The van der Waals surface area contributed by atoms with Crippen LogP contribution in [0.4, 0.5) is 5.00 Å². The second-order valence-corrected chi connectivity index (χ2v) is 6.62. The summed E-state index contributed by atoms with van der Waals surface area (Å²) < 4.78 is 5.00. The molecule has 8 heteroatoms. The summed E-state index contributed by atoms with van der Waals surface area (Å²) in [5, 5.41) is 3.31. The molecule has 6 nitrogen and oxygen atoms in total. The Kier molecular flexibility index (Phi) is 6.54.